The van der Waals surface area contributed by atoms with Gasteiger partial charge in [-0.15, -0.1) is 0 Å². The normalized spacial score (nSPS) is 20.4. The number of piperazine rings is 1. The molecule has 0 amide bonds. The third-order valence-electron chi connectivity index (χ3n) is 4.22. The number of aromatic amines is 1. The van der Waals surface area contributed by atoms with Crippen LogP contribution in [0.25, 0.3) is 0 Å². The van der Waals surface area contributed by atoms with Crippen molar-refractivity contribution in [2.24, 2.45) is 0 Å². The molecule has 9 heteroatoms. The topological polar surface area (TPSA) is 69.3 Å². The van der Waals surface area contributed by atoms with Crippen LogP contribution < -0.4 is 0 Å². The molecule has 0 unspecified atom stereocenters. The lowest BCUT2D eigenvalue weighted by atomic mass is 10.2. The fourth-order valence-electron chi connectivity index (χ4n) is 2.90. The molecule has 0 bridgehead atoms. The number of H-pyrrole nitrogens is 1. The van der Waals surface area contributed by atoms with E-state index in [1.807, 2.05) is 6.92 Å². The molecule has 0 aliphatic carbocycles. The lowest BCUT2D eigenvalue weighted by Gasteiger charge is -2.39. The van der Waals surface area contributed by atoms with Crippen LogP contribution in [0.15, 0.2) is 35.5 Å². The lowest BCUT2D eigenvalue weighted by molar-refractivity contribution is 0.119. The first-order valence-corrected chi connectivity index (χ1v) is 9.44. The molecule has 1 atom stereocenters. The van der Waals surface area contributed by atoms with Gasteiger partial charge in [-0.1, -0.05) is 18.5 Å². The number of halogens is 2. The molecule has 1 N–H and O–H groups in total. The van der Waals surface area contributed by atoms with Crippen molar-refractivity contribution in [3.8, 4) is 0 Å². The van der Waals surface area contributed by atoms with Gasteiger partial charge in [0, 0.05) is 32.0 Å². The molecule has 24 heavy (non-hydrogen) atoms. The molecule has 2 heterocycles. The highest BCUT2D eigenvalue weighted by Gasteiger charge is 2.35. The molecule has 1 aliphatic heterocycles. The van der Waals surface area contributed by atoms with Gasteiger partial charge in [-0.3, -0.25) is 4.90 Å². The van der Waals surface area contributed by atoms with Gasteiger partial charge >= 0.3 is 0 Å². The maximum Gasteiger partial charge on any atom is 0.243 e. The Kier molecular flexibility index (Phi) is 4.91. The zero-order valence-corrected chi connectivity index (χ0v) is 14.7. The van der Waals surface area contributed by atoms with Gasteiger partial charge in [0.05, 0.1) is 16.0 Å². The van der Waals surface area contributed by atoms with Crippen molar-refractivity contribution < 1.29 is 12.8 Å². The third-order valence-corrected chi connectivity index (χ3v) is 6.37. The van der Waals surface area contributed by atoms with Gasteiger partial charge in [0.2, 0.25) is 10.0 Å². The van der Waals surface area contributed by atoms with Crippen LogP contribution in [0.4, 0.5) is 4.39 Å². The Balaban J connectivity index is 1.89. The Morgan fingerprint density at radius 1 is 1.42 bits per heavy atom. The number of hydrogen-bond donors (Lipinski definition) is 1. The van der Waals surface area contributed by atoms with Crippen LogP contribution >= 0.6 is 11.6 Å². The Morgan fingerprint density at radius 2 is 2.21 bits per heavy atom. The van der Waals surface area contributed by atoms with Gasteiger partial charge < -0.3 is 4.98 Å². The molecular weight excluding hydrogens is 355 g/mol. The van der Waals surface area contributed by atoms with Crippen LogP contribution in [0.2, 0.25) is 5.02 Å². The number of likely N-dealkylation sites (N-methyl/N-ethyl adjacent to an activating group) is 1. The van der Waals surface area contributed by atoms with E-state index < -0.39 is 15.8 Å². The summed E-state index contributed by atoms with van der Waals surface area (Å²) in [6.07, 6.45) is 3.37. The summed E-state index contributed by atoms with van der Waals surface area (Å²) in [5, 5.41) is -0.203. The summed E-state index contributed by atoms with van der Waals surface area (Å²) < 4.78 is 40.4. The highest BCUT2D eigenvalue weighted by molar-refractivity contribution is 7.89. The second-order valence-corrected chi connectivity index (χ2v) is 7.90. The van der Waals surface area contributed by atoms with Crippen LogP contribution in [0.3, 0.4) is 0 Å². The molecule has 0 radical (unpaired) electrons. The smallest absolute Gasteiger partial charge is 0.243 e. The molecule has 1 aromatic carbocycles. The number of nitrogens with one attached hydrogen (secondary N) is 1. The second-order valence-electron chi connectivity index (χ2n) is 5.56. The first kappa shape index (κ1) is 17.3. The van der Waals surface area contributed by atoms with Crippen LogP contribution in [0.1, 0.15) is 18.8 Å². The molecule has 1 aliphatic rings. The van der Waals surface area contributed by atoms with Crippen LogP contribution in [-0.2, 0) is 10.0 Å². The number of imidazole rings is 1. The summed E-state index contributed by atoms with van der Waals surface area (Å²) >= 11 is 5.73. The Labute approximate surface area is 145 Å². The average molecular weight is 373 g/mol. The summed E-state index contributed by atoms with van der Waals surface area (Å²) in [7, 11) is -3.74. The molecule has 1 aromatic heterocycles. The lowest BCUT2D eigenvalue weighted by Crippen LogP contribution is -2.50. The molecular formula is C15H18ClFN4O2S. The summed E-state index contributed by atoms with van der Waals surface area (Å²) in [6.45, 7) is 4.05. The SMILES string of the molecule is CCN1CCN(S(=O)(=O)c2ccc(F)c(Cl)c2)C[C@@H]1c1ncc[nH]1. The van der Waals surface area contributed by atoms with E-state index in [4.69, 9.17) is 11.6 Å². The minimum Gasteiger partial charge on any atom is -0.347 e. The predicted molar refractivity (Wildman–Crippen MR) is 88.7 cm³/mol. The van der Waals surface area contributed by atoms with E-state index >= 15 is 0 Å². The summed E-state index contributed by atoms with van der Waals surface area (Å²) in [6, 6.07) is 3.32. The van der Waals surface area contributed by atoms with E-state index in [0.717, 1.165) is 24.5 Å². The van der Waals surface area contributed by atoms with Gasteiger partial charge in [0.15, 0.2) is 0 Å². The minimum absolute atomic E-state index is 0.00274. The molecule has 1 saturated heterocycles. The highest BCUT2D eigenvalue weighted by atomic mass is 35.5. The Morgan fingerprint density at radius 3 is 2.83 bits per heavy atom. The molecule has 130 valence electrons. The Bertz CT molecular complexity index is 813. The number of sulfonamides is 1. The van der Waals surface area contributed by atoms with Crippen molar-refractivity contribution in [1.82, 2.24) is 19.2 Å². The van der Waals surface area contributed by atoms with Gasteiger partial charge in [-0.05, 0) is 24.7 Å². The van der Waals surface area contributed by atoms with Crippen LogP contribution in [0.5, 0.6) is 0 Å². The molecule has 0 spiro atoms. The third kappa shape index (κ3) is 3.19. The molecule has 2 aromatic rings. The largest absolute Gasteiger partial charge is 0.347 e. The minimum atomic E-state index is -3.74. The predicted octanol–water partition coefficient (Wildman–Crippen LogP) is 2.27. The average Bonchev–Trinajstić information content (AvgIpc) is 3.11. The van der Waals surface area contributed by atoms with Gasteiger partial charge in [0.1, 0.15) is 11.6 Å². The fourth-order valence-corrected chi connectivity index (χ4v) is 4.61. The van der Waals surface area contributed by atoms with Crippen LogP contribution in [0, 0.1) is 5.82 Å². The van der Waals surface area contributed by atoms with Crippen LogP contribution in [-0.4, -0.2) is 53.8 Å². The number of benzene rings is 1. The van der Waals surface area contributed by atoms with Crippen molar-refractivity contribution in [3.05, 3.63) is 47.3 Å². The monoisotopic (exact) mass is 372 g/mol. The molecule has 6 nitrogen and oxygen atoms in total. The second kappa shape index (κ2) is 6.79. The van der Waals surface area contributed by atoms with Crippen molar-refractivity contribution >= 4 is 21.6 Å². The van der Waals surface area contributed by atoms with Crippen molar-refractivity contribution in [1.29, 1.82) is 0 Å². The maximum absolute atomic E-state index is 13.3. The number of rotatable bonds is 4. The Hall–Kier alpha value is -1.48. The van der Waals surface area contributed by atoms with E-state index in [2.05, 4.69) is 14.9 Å². The van der Waals surface area contributed by atoms with Gasteiger partial charge in [0.25, 0.3) is 0 Å². The number of aromatic nitrogens is 2. The van der Waals surface area contributed by atoms with Crippen molar-refractivity contribution in [2.75, 3.05) is 26.2 Å². The molecule has 3 rings (SSSR count). The van der Waals surface area contributed by atoms with Gasteiger partial charge in [-0.25, -0.2) is 17.8 Å². The maximum atomic E-state index is 13.3. The molecule has 0 saturated carbocycles. The van der Waals surface area contributed by atoms with E-state index in [9.17, 15) is 12.8 Å². The number of nitrogens with zero attached hydrogens (tertiary/aromatic N) is 3. The van der Waals surface area contributed by atoms with Crippen molar-refractivity contribution in [3.63, 3.8) is 0 Å². The first-order valence-electron chi connectivity index (χ1n) is 7.62. The number of hydrogen-bond acceptors (Lipinski definition) is 4. The molecule has 1 fully saturated rings. The quantitative estimate of drug-likeness (QED) is 0.893. The first-order chi connectivity index (χ1) is 11.4. The van der Waals surface area contributed by atoms with Crippen molar-refractivity contribution in [2.45, 2.75) is 17.9 Å². The zero-order chi connectivity index (χ0) is 17.3. The van der Waals surface area contributed by atoms with E-state index in [1.54, 1.807) is 12.4 Å². The summed E-state index contributed by atoms with van der Waals surface area (Å²) in [5.41, 5.74) is 0. The standard InChI is InChI=1S/C15H18ClFN4O2S/c1-2-20-7-8-21(10-14(20)15-18-5-6-19-15)24(22,23)11-3-4-13(17)12(16)9-11/h3-6,9,14H,2,7-8,10H2,1H3,(H,18,19)/t14-/m1/s1. The summed E-state index contributed by atoms with van der Waals surface area (Å²) in [5.74, 6) is 0.0915. The van der Waals surface area contributed by atoms with E-state index in [0.29, 0.717) is 13.1 Å². The van der Waals surface area contributed by atoms with E-state index in [-0.39, 0.29) is 22.5 Å². The van der Waals surface area contributed by atoms with E-state index in [1.165, 1.54) is 10.4 Å². The highest BCUT2D eigenvalue weighted by Crippen LogP contribution is 2.28. The van der Waals surface area contributed by atoms with Gasteiger partial charge in [-0.2, -0.15) is 4.31 Å². The zero-order valence-electron chi connectivity index (χ0n) is 13.1. The summed E-state index contributed by atoms with van der Waals surface area (Å²) in [4.78, 5) is 9.48. The fraction of sp³-hybridized carbons (Fsp3) is 0.400.